The van der Waals surface area contributed by atoms with Gasteiger partial charge >= 0.3 is 0 Å². The third-order valence-electron chi connectivity index (χ3n) is 7.73. The number of nitrogens with one attached hydrogen (secondary N) is 1. The number of likely N-dealkylation sites (N-methyl/N-ethyl adjacent to an activating group) is 1. The molecule has 4 aliphatic rings. The second-order valence-electron chi connectivity index (χ2n) is 9.30. The molecule has 0 aromatic heterocycles. The Kier molecular flexibility index (Phi) is 3.82. The lowest BCUT2D eigenvalue weighted by Crippen LogP contribution is -2.54. The molecule has 0 radical (unpaired) electrons. The molecular weight excluding hydrogens is 270 g/mol. The van der Waals surface area contributed by atoms with Gasteiger partial charge in [0.25, 0.3) is 0 Å². The van der Waals surface area contributed by atoms with E-state index >= 15 is 0 Å². The van der Waals surface area contributed by atoms with Crippen LogP contribution in [0.5, 0.6) is 0 Å². The van der Waals surface area contributed by atoms with Crippen LogP contribution in [0.25, 0.3) is 0 Å². The Bertz CT molecular complexity index is 417. The predicted octanol–water partition coefficient (Wildman–Crippen LogP) is 2.57. The maximum atomic E-state index is 3.51. The van der Waals surface area contributed by atoms with Gasteiger partial charge in [0.2, 0.25) is 0 Å². The summed E-state index contributed by atoms with van der Waals surface area (Å²) in [4.78, 5) is 5.52. The summed E-state index contributed by atoms with van der Waals surface area (Å²) in [6.07, 6.45) is 7.32. The van der Waals surface area contributed by atoms with Crippen LogP contribution in [0.4, 0.5) is 0 Å². The highest BCUT2D eigenvalue weighted by molar-refractivity contribution is 5.07. The van der Waals surface area contributed by atoms with Crippen LogP contribution in [0.1, 0.15) is 52.9 Å². The van der Waals surface area contributed by atoms with Crippen LogP contribution < -0.4 is 5.32 Å². The van der Waals surface area contributed by atoms with Crippen molar-refractivity contribution < 1.29 is 0 Å². The van der Waals surface area contributed by atoms with Crippen molar-refractivity contribution >= 4 is 0 Å². The van der Waals surface area contributed by atoms with Gasteiger partial charge in [0.15, 0.2) is 0 Å². The van der Waals surface area contributed by atoms with Crippen molar-refractivity contribution in [3.63, 3.8) is 0 Å². The Labute approximate surface area is 136 Å². The summed E-state index contributed by atoms with van der Waals surface area (Å²) in [5.41, 5.74) is 0.712. The Morgan fingerprint density at radius 2 is 2.00 bits per heavy atom. The van der Waals surface area contributed by atoms with Crippen molar-refractivity contribution in [1.29, 1.82) is 0 Å². The summed E-state index contributed by atoms with van der Waals surface area (Å²) >= 11 is 0. The van der Waals surface area contributed by atoms with Gasteiger partial charge < -0.3 is 5.32 Å². The Balaban J connectivity index is 1.38. The number of rotatable bonds is 4. The van der Waals surface area contributed by atoms with E-state index in [0.717, 1.165) is 36.0 Å². The van der Waals surface area contributed by atoms with Gasteiger partial charge in [-0.2, -0.15) is 0 Å². The predicted molar refractivity (Wildman–Crippen MR) is 92.0 cm³/mol. The van der Waals surface area contributed by atoms with Gasteiger partial charge in [-0.3, -0.25) is 9.80 Å². The molecule has 1 spiro atoms. The molecule has 3 heterocycles. The smallest absolute Gasteiger partial charge is 0.0270 e. The van der Waals surface area contributed by atoms with Crippen LogP contribution in [-0.4, -0.2) is 60.6 Å². The zero-order chi connectivity index (χ0) is 15.5. The van der Waals surface area contributed by atoms with Gasteiger partial charge in [-0.15, -0.1) is 0 Å². The maximum Gasteiger partial charge on any atom is 0.0270 e. The largest absolute Gasteiger partial charge is 0.316 e. The minimum absolute atomic E-state index is 0.712. The van der Waals surface area contributed by atoms with E-state index in [1.54, 1.807) is 0 Å². The zero-order valence-corrected chi connectivity index (χ0v) is 15.0. The van der Waals surface area contributed by atoms with E-state index in [4.69, 9.17) is 0 Å². The van der Waals surface area contributed by atoms with Gasteiger partial charge in [0.05, 0.1) is 0 Å². The van der Waals surface area contributed by atoms with E-state index in [1.165, 1.54) is 51.7 Å². The Hall–Kier alpha value is -0.120. The zero-order valence-electron chi connectivity index (χ0n) is 15.0. The Morgan fingerprint density at radius 3 is 2.55 bits per heavy atom. The summed E-state index contributed by atoms with van der Waals surface area (Å²) in [6.45, 7) is 11.2. The first-order chi connectivity index (χ1) is 10.5. The van der Waals surface area contributed by atoms with Gasteiger partial charge in [-0.1, -0.05) is 6.92 Å². The van der Waals surface area contributed by atoms with Gasteiger partial charge in [0.1, 0.15) is 0 Å². The molecule has 3 aliphatic heterocycles. The minimum Gasteiger partial charge on any atom is -0.316 e. The molecule has 1 saturated carbocycles. The van der Waals surface area contributed by atoms with Crippen LogP contribution in [0.3, 0.4) is 0 Å². The van der Waals surface area contributed by atoms with Crippen molar-refractivity contribution in [2.45, 2.75) is 77.0 Å². The topological polar surface area (TPSA) is 18.5 Å². The van der Waals surface area contributed by atoms with E-state index < -0.39 is 0 Å². The first-order valence-electron chi connectivity index (χ1n) is 9.67. The van der Waals surface area contributed by atoms with E-state index in [1.807, 2.05) is 0 Å². The molecule has 1 aliphatic carbocycles. The third kappa shape index (κ3) is 2.35. The van der Waals surface area contributed by atoms with Crippen LogP contribution in [-0.2, 0) is 0 Å². The number of piperazine rings is 1. The number of fused-ring (bicyclic) bond motifs is 2. The molecule has 22 heavy (non-hydrogen) atoms. The maximum absolute atomic E-state index is 3.51. The second-order valence-corrected chi connectivity index (χ2v) is 9.30. The minimum atomic E-state index is 0.712. The fraction of sp³-hybridized carbons (Fsp3) is 1.00. The van der Waals surface area contributed by atoms with E-state index in [9.17, 15) is 0 Å². The van der Waals surface area contributed by atoms with E-state index in [-0.39, 0.29) is 0 Å². The fourth-order valence-corrected chi connectivity index (χ4v) is 6.11. The van der Waals surface area contributed by atoms with Crippen molar-refractivity contribution in [2.75, 3.05) is 26.7 Å². The molecule has 0 aromatic rings. The molecule has 4 rings (SSSR count). The van der Waals surface area contributed by atoms with Crippen LogP contribution in [0.2, 0.25) is 0 Å². The highest BCUT2D eigenvalue weighted by atomic mass is 15.4. The summed E-state index contributed by atoms with van der Waals surface area (Å²) in [6, 6.07) is 3.19. The molecular formula is C19H35N3. The molecule has 2 bridgehead atoms. The van der Waals surface area contributed by atoms with Gasteiger partial charge in [-0.25, -0.2) is 0 Å². The first kappa shape index (κ1) is 15.4. The molecule has 3 heteroatoms. The third-order valence-corrected chi connectivity index (χ3v) is 7.73. The Morgan fingerprint density at radius 1 is 1.23 bits per heavy atom. The normalized spacial score (nSPS) is 42.4. The highest BCUT2D eigenvalue weighted by Gasteiger charge is 2.50. The number of hydrogen-bond donors (Lipinski definition) is 1. The van der Waals surface area contributed by atoms with Crippen molar-refractivity contribution in [3.8, 4) is 0 Å². The van der Waals surface area contributed by atoms with E-state index in [0.29, 0.717) is 5.41 Å². The lowest BCUT2D eigenvalue weighted by molar-refractivity contribution is 0.0517. The SMILES string of the molecule is CC(CC1C2CC(CN2C(C)C)N1C)C1CCC2(CNC2)C1. The molecule has 0 amide bonds. The van der Waals surface area contributed by atoms with Crippen molar-refractivity contribution in [2.24, 2.45) is 17.3 Å². The number of hydrogen-bond acceptors (Lipinski definition) is 3. The lowest BCUT2D eigenvalue weighted by Gasteiger charge is -2.43. The van der Waals surface area contributed by atoms with Crippen LogP contribution >= 0.6 is 0 Å². The number of nitrogens with zero attached hydrogens (tertiary/aromatic N) is 2. The standard InChI is InChI=1S/C19H35N3/c1-13(2)22-10-16-8-18(22)17(21(16)4)7-14(3)15-5-6-19(9-15)11-20-12-19/h13-18,20H,5-12H2,1-4H3. The molecule has 3 saturated heterocycles. The molecule has 5 unspecified atom stereocenters. The molecule has 0 aromatic carbocycles. The van der Waals surface area contributed by atoms with E-state index in [2.05, 4.69) is 42.9 Å². The molecule has 1 N–H and O–H groups in total. The summed E-state index contributed by atoms with van der Waals surface area (Å²) in [5.74, 6) is 1.89. The molecule has 126 valence electrons. The fourth-order valence-electron chi connectivity index (χ4n) is 6.11. The number of likely N-dealkylation sites (tertiary alicyclic amines) is 2. The average molecular weight is 306 g/mol. The summed E-state index contributed by atoms with van der Waals surface area (Å²) in [5, 5.41) is 3.51. The van der Waals surface area contributed by atoms with Crippen LogP contribution in [0.15, 0.2) is 0 Å². The van der Waals surface area contributed by atoms with Gasteiger partial charge in [-0.05, 0) is 70.3 Å². The first-order valence-corrected chi connectivity index (χ1v) is 9.67. The highest BCUT2D eigenvalue weighted by Crippen LogP contribution is 2.49. The monoisotopic (exact) mass is 305 g/mol. The molecule has 4 fully saturated rings. The van der Waals surface area contributed by atoms with Crippen LogP contribution in [0, 0.1) is 17.3 Å². The molecule has 5 atom stereocenters. The molecule has 3 nitrogen and oxygen atoms in total. The second kappa shape index (κ2) is 5.46. The average Bonchev–Trinajstić information content (AvgIpc) is 3.12. The summed E-state index contributed by atoms with van der Waals surface area (Å²) < 4.78 is 0. The quantitative estimate of drug-likeness (QED) is 0.861. The van der Waals surface area contributed by atoms with Crippen molar-refractivity contribution in [1.82, 2.24) is 15.1 Å². The van der Waals surface area contributed by atoms with Crippen molar-refractivity contribution in [3.05, 3.63) is 0 Å². The van der Waals surface area contributed by atoms with Gasteiger partial charge in [0, 0.05) is 43.8 Å². The lowest BCUT2D eigenvalue weighted by atomic mass is 9.77. The summed E-state index contributed by atoms with van der Waals surface area (Å²) in [7, 11) is 2.39.